The SMILES string of the molecule is Cc1ccc(C)c(NC(=O)Cc2cccs2)c1. The summed E-state index contributed by atoms with van der Waals surface area (Å²) in [6, 6.07) is 10.0. The van der Waals surface area contributed by atoms with Gasteiger partial charge in [-0.15, -0.1) is 11.3 Å². The number of nitrogens with one attached hydrogen (secondary N) is 1. The van der Waals surface area contributed by atoms with Crippen molar-refractivity contribution < 1.29 is 4.79 Å². The average molecular weight is 245 g/mol. The molecule has 1 aromatic heterocycles. The molecule has 1 aromatic carbocycles. The number of benzene rings is 1. The highest BCUT2D eigenvalue weighted by molar-refractivity contribution is 7.10. The van der Waals surface area contributed by atoms with E-state index in [9.17, 15) is 4.79 Å². The van der Waals surface area contributed by atoms with E-state index in [0.717, 1.165) is 21.7 Å². The van der Waals surface area contributed by atoms with Crippen LogP contribution in [0, 0.1) is 13.8 Å². The summed E-state index contributed by atoms with van der Waals surface area (Å²) < 4.78 is 0. The van der Waals surface area contributed by atoms with Gasteiger partial charge in [0.1, 0.15) is 0 Å². The number of thiophene rings is 1. The summed E-state index contributed by atoms with van der Waals surface area (Å²) in [5.74, 6) is 0.0427. The summed E-state index contributed by atoms with van der Waals surface area (Å²) in [6.07, 6.45) is 0.449. The molecule has 1 amide bonds. The lowest BCUT2D eigenvalue weighted by atomic mass is 10.1. The number of rotatable bonds is 3. The third-order valence-corrected chi connectivity index (χ3v) is 3.46. The molecule has 0 atom stereocenters. The van der Waals surface area contributed by atoms with Gasteiger partial charge in [-0.2, -0.15) is 0 Å². The van der Waals surface area contributed by atoms with Gasteiger partial charge >= 0.3 is 0 Å². The Labute approximate surface area is 105 Å². The molecule has 0 radical (unpaired) electrons. The summed E-state index contributed by atoms with van der Waals surface area (Å²) >= 11 is 1.61. The molecular weight excluding hydrogens is 230 g/mol. The molecule has 2 nitrogen and oxygen atoms in total. The zero-order valence-corrected chi connectivity index (χ0v) is 10.8. The third kappa shape index (κ3) is 3.17. The molecular formula is C14H15NOS. The summed E-state index contributed by atoms with van der Waals surface area (Å²) in [7, 11) is 0. The van der Waals surface area contributed by atoms with Crippen LogP contribution in [0.4, 0.5) is 5.69 Å². The molecule has 88 valence electrons. The molecule has 0 saturated carbocycles. The molecule has 0 fully saturated rings. The van der Waals surface area contributed by atoms with E-state index >= 15 is 0 Å². The van der Waals surface area contributed by atoms with Crippen molar-refractivity contribution in [3.63, 3.8) is 0 Å². The van der Waals surface area contributed by atoms with Crippen LogP contribution >= 0.6 is 11.3 Å². The first-order valence-electron chi connectivity index (χ1n) is 5.54. The van der Waals surface area contributed by atoms with E-state index < -0.39 is 0 Å². The number of hydrogen-bond donors (Lipinski definition) is 1. The van der Waals surface area contributed by atoms with Crippen molar-refractivity contribution in [3.8, 4) is 0 Å². The fraction of sp³-hybridized carbons (Fsp3) is 0.214. The molecule has 0 unspecified atom stereocenters. The fourth-order valence-electron chi connectivity index (χ4n) is 1.64. The minimum Gasteiger partial charge on any atom is -0.326 e. The molecule has 0 aliphatic rings. The van der Waals surface area contributed by atoms with Crippen LogP contribution in [0.3, 0.4) is 0 Å². The highest BCUT2D eigenvalue weighted by atomic mass is 32.1. The average Bonchev–Trinajstić information content (AvgIpc) is 2.76. The Morgan fingerprint density at radius 2 is 2.12 bits per heavy atom. The van der Waals surface area contributed by atoms with Gasteiger partial charge in [0.15, 0.2) is 0 Å². The van der Waals surface area contributed by atoms with Crippen LogP contribution < -0.4 is 5.32 Å². The van der Waals surface area contributed by atoms with Gasteiger partial charge < -0.3 is 5.32 Å². The van der Waals surface area contributed by atoms with Crippen molar-refractivity contribution in [2.45, 2.75) is 20.3 Å². The van der Waals surface area contributed by atoms with Gasteiger partial charge in [-0.25, -0.2) is 0 Å². The molecule has 0 saturated heterocycles. The van der Waals surface area contributed by atoms with E-state index in [1.54, 1.807) is 11.3 Å². The lowest BCUT2D eigenvalue weighted by Gasteiger charge is -2.08. The van der Waals surface area contributed by atoms with Crippen molar-refractivity contribution in [2.24, 2.45) is 0 Å². The molecule has 2 rings (SSSR count). The largest absolute Gasteiger partial charge is 0.326 e. The molecule has 1 N–H and O–H groups in total. The standard InChI is InChI=1S/C14H15NOS/c1-10-5-6-11(2)13(8-10)15-14(16)9-12-4-3-7-17-12/h3-8H,9H2,1-2H3,(H,15,16). The zero-order valence-electron chi connectivity index (χ0n) is 9.99. The van der Waals surface area contributed by atoms with Gasteiger partial charge in [0.2, 0.25) is 5.91 Å². The minimum absolute atomic E-state index is 0.0427. The van der Waals surface area contributed by atoms with Crippen molar-refractivity contribution in [3.05, 3.63) is 51.7 Å². The van der Waals surface area contributed by atoms with Crippen LogP contribution in [0.1, 0.15) is 16.0 Å². The highest BCUT2D eigenvalue weighted by Gasteiger charge is 2.06. The number of amides is 1. The monoisotopic (exact) mass is 245 g/mol. The van der Waals surface area contributed by atoms with Gasteiger partial charge in [-0.1, -0.05) is 18.2 Å². The number of carbonyl (C=O) groups excluding carboxylic acids is 1. The number of carbonyl (C=O) groups is 1. The summed E-state index contributed by atoms with van der Waals surface area (Å²) in [4.78, 5) is 12.9. The number of anilines is 1. The minimum atomic E-state index is 0.0427. The Bertz CT molecular complexity index is 517. The van der Waals surface area contributed by atoms with E-state index in [1.165, 1.54) is 0 Å². The molecule has 2 aromatic rings. The number of aryl methyl sites for hydroxylation is 2. The normalized spacial score (nSPS) is 10.2. The summed E-state index contributed by atoms with van der Waals surface area (Å²) in [5, 5.41) is 4.94. The predicted octanol–water partition coefficient (Wildman–Crippen LogP) is 3.55. The van der Waals surface area contributed by atoms with Crippen LogP contribution in [-0.4, -0.2) is 5.91 Å². The summed E-state index contributed by atoms with van der Waals surface area (Å²) in [5.41, 5.74) is 3.16. The van der Waals surface area contributed by atoms with Crippen LogP contribution in [-0.2, 0) is 11.2 Å². The zero-order chi connectivity index (χ0) is 12.3. The molecule has 17 heavy (non-hydrogen) atoms. The van der Waals surface area contributed by atoms with E-state index in [-0.39, 0.29) is 5.91 Å². The van der Waals surface area contributed by atoms with Crippen LogP contribution in [0.15, 0.2) is 35.7 Å². The lowest BCUT2D eigenvalue weighted by Crippen LogP contribution is -2.14. The highest BCUT2D eigenvalue weighted by Crippen LogP contribution is 2.17. The quantitative estimate of drug-likeness (QED) is 0.880. The van der Waals surface area contributed by atoms with Crippen LogP contribution in [0.25, 0.3) is 0 Å². The lowest BCUT2D eigenvalue weighted by molar-refractivity contribution is -0.115. The van der Waals surface area contributed by atoms with Gasteiger partial charge in [-0.05, 0) is 42.5 Å². The van der Waals surface area contributed by atoms with Gasteiger partial charge in [0.25, 0.3) is 0 Å². The van der Waals surface area contributed by atoms with Crippen LogP contribution in [0.2, 0.25) is 0 Å². The van der Waals surface area contributed by atoms with Crippen molar-refractivity contribution in [2.75, 3.05) is 5.32 Å². The second kappa shape index (κ2) is 5.15. The predicted molar refractivity (Wildman–Crippen MR) is 72.6 cm³/mol. The molecule has 0 aliphatic heterocycles. The Kier molecular flexibility index (Phi) is 3.59. The molecule has 0 bridgehead atoms. The fourth-order valence-corrected chi connectivity index (χ4v) is 2.34. The maximum atomic E-state index is 11.8. The third-order valence-electron chi connectivity index (χ3n) is 2.58. The van der Waals surface area contributed by atoms with Crippen LogP contribution in [0.5, 0.6) is 0 Å². The van der Waals surface area contributed by atoms with Gasteiger partial charge in [0, 0.05) is 10.6 Å². The second-order valence-electron chi connectivity index (χ2n) is 4.12. The Hall–Kier alpha value is -1.61. The van der Waals surface area contributed by atoms with E-state index in [4.69, 9.17) is 0 Å². The smallest absolute Gasteiger partial charge is 0.229 e. The Morgan fingerprint density at radius 3 is 2.82 bits per heavy atom. The van der Waals surface area contributed by atoms with Gasteiger partial charge in [-0.3, -0.25) is 4.79 Å². The maximum absolute atomic E-state index is 11.8. The molecule has 3 heteroatoms. The Balaban J connectivity index is 2.05. The maximum Gasteiger partial charge on any atom is 0.229 e. The first kappa shape index (κ1) is 11.9. The molecule has 1 heterocycles. The van der Waals surface area contributed by atoms with Crippen molar-refractivity contribution in [1.82, 2.24) is 0 Å². The molecule has 0 spiro atoms. The topological polar surface area (TPSA) is 29.1 Å². The number of hydrogen-bond acceptors (Lipinski definition) is 2. The summed E-state index contributed by atoms with van der Waals surface area (Å²) in [6.45, 7) is 4.02. The first-order chi connectivity index (χ1) is 8.15. The van der Waals surface area contributed by atoms with E-state index in [0.29, 0.717) is 6.42 Å². The van der Waals surface area contributed by atoms with E-state index in [2.05, 4.69) is 5.32 Å². The van der Waals surface area contributed by atoms with E-state index in [1.807, 2.05) is 49.6 Å². The van der Waals surface area contributed by atoms with Crippen molar-refractivity contribution in [1.29, 1.82) is 0 Å². The van der Waals surface area contributed by atoms with Crippen molar-refractivity contribution >= 4 is 22.9 Å². The second-order valence-corrected chi connectivity index (χ2v) is 5.15. The van der Waals surface area contributed by atoms with Gasteiger partial charge in [0.05, 0.1) is 6.42 Å². The Morgan fingerprint density at radius 1 is 1.29 bits per heavy atom. The first-order valence-corrected chi connectivity index (χ1v) is 6.42. The molecule has 0 aliphatic carbocycles.